The first-order valence-corrected chi connectivity index (χ1v) is 9.29. The zero-order valence-corrected chi connectivity index (χ0v) is 16.3. The van der Waals surface area contributed by atoms with Gasteiger partial charge in [0.15, 0.2) is 23.3 Å². The molecular formula is C25H15F5O. The Labute approximate surface area is 176 Å². The van der Waals surface area contributed by atoms with E-state index in [1.165, 1.54) is 12.1 Å². The molecule has 0 heterocycles. The van der Waals surface area contributed by atoms with Gasteiger partial charge in [-0.25, -0.2) is 22.0 Å². The van der Waals surface area contributed by atoms with Gasteiger partial charge < -0.3 is 4.74 Å². The van der Waals surface area contributed by atoms with Crippen LogP contribution in [0.3, 0.4) is 0 Å². The molecule has 0 amide bonds. The van der Waals surface area contributed by atoms with E-state index in [0.717, 1.165) is 17.7 Å². The van der Waals surface area contributed by atoms with Crippen molar-refractivity contribution in [3.63, 3.8) is 0 Å². The number of rotatable bonds is 3. The number of halogens is 5. The van der Waals surface area contributed by atoms with Crippen molar-refractivity contribution >= 4 is 0 Å². The van der Waals surface area contributed by atoms with Gasteiger partial charge in [-0.1, -0.05) is 30.6 Å². The minimum atomic E-state index is -2.22. The molecule has 0 aliphatic carbocycles. The number of ether oxygens (including phenoxy) is 1. The summed E-state index contributed by atoms with van der Waals surface area (Å²) in [6.45, 7) is 2.67. The maximum Gasteiger partial charge on any atom is 0.200 e. The van der Waals surface area contributed by atoms with Crippen molar-refractivity contribution in [2.45, 2.75) is 13.3 Å². The molecule has 0 saturated carbocycles. The number of hydrogen-bond acceptors (Lipinski definition) is 1. The van der Waals surface area contributed by atoms with Crippen molar-refractivity contribution < 1.29 is 26.7 Å². The van der Waals surface area contributed by atoms with E-state index in [4.69, 9.17) is 4.74 Å². The van der Waals surface area contributed by atoms with Gasteiger partial charge in [0.2, 0.25) is 5.82 Å². The largest absolute Gasteiger partial charge is 0.494 e. The van der Waals surface area contributed by atoms with Crippen LogP contribution in [0, 0.1) is 52.8 Å². The molecule has 1 nitrogen and oxygen atoms in total. The van der Waals surface area contributed by atoms with Gasteiger partial charge in [0.1, 0.15) is 11.3 Å². The van der Waals surface area contributed by atoms with E-state index in [9.17, 15) is 22.0 Å². The SMILES string of the molecule is CCCOc1ccc(C#Cc2ccc(C#Cc3c(F)c(F)c(F)c(F)c3F)cc2)cc1. The minimum absolute atomic E-state index is 0.326. The average Bonchev–Trinajstić information content (AvgIpc) is 2.80. The second-order valence-electron chi connectivity index (χ2n) is 6.40. The maximum atomic E-state index is 13.7. The van der Waals surface area contributed by atoms with Gasteiger partial charge in [0.05, 0.1) is 6.61 Å². The maximum absolute atomic E-state index is 13.7. The van der Waals surface area contributed by atoms with Crippen molar-refractivity contribution in [3.8, 4) is 29.4 Å². The van der Waals surface area contributed by atoms with Crippen LogP contribution in [0.4, 0.5) is 22.0 Å². The Kier molecular flexibility index (Phi) is 6.95. The standard InChI is InChI=1S/C25H15F5O/c1-2-15-31-19-12-9-18(10-13-19)8-5-16-3-6-17(7-4-16)11-14-20-21(26)23(28)25(30)24(29)22(20)27/h3-4,6-7,9-10,12-13H,2,15H2,1H3. The van der Waals surface area contributed by atoms with Gasteiger partial charge in [-0.3, -0.25) is 0 Å². The fourth-order valence-electron chi connectivity index (χ4n) is 2.48. The second kappa shape index (κ2) is 9.82. The zero-order chi connectivity index (χ0) is 22.4. The number of hydrogen-bond donors (Lipinski definition) is 0. The molecule has 0 bridgehead atoms. The Balaban J connectivity index is 1.76. The van der Waals surface area contributed by atoms with Crippen molar-refractivity contribution in [1.29, 1.82) is 0 Å². The lowest BCUT2D eigenvalue weighted by Crippen LogP contribution is -2.04. The van der Waals surface area contributed by atoms with Crippen LogP contribution in [0.25, 0.3) is 0 Å². The highest BCUT2D eigenvalue weighted by molar-refractivity contribution is 5.49. The summed E-state index contributed by atoms with van der Waals surface area (Å²) in [5.41, 5.74) is 0.602. The van der Waals surface area contributed by atoms with E-state index in [-0.39, 0.29) is 0 Å². The van der Waals surface area contributed by atoms with Crippen LogP contribution in [0.15, 0.2) is 48.5 Å². The summed E-state index contributed by atoms with van der Waals surface area (Å²) >= 11 is 0. The van der Waals surface area contributed by atoms with Crippen LogP contribution < -0.4 is 4.74 Å². The fraction of sp³-hybridized carbons (Fsp3) is 0.120. The average molecular weight is 426 g/mol. The van der Waals surface area contributed by atoms with Crippen molar-refractivity contribution in [2.75, 3.05) is 6.61 Å². The van der Waals surface area contributed by atoms with Crippen molar-refractivity contribution in [1.82, 2.24) is 0 Å². The van der Waals surface area contributed by atoms with Crippen LogP contribution in [-0.4, -0.2) is 6.61 Å². The Morgan fingerprint density at radius 1 is 0.581 bits per heavy atom. The highest BCUT2D eigenvalue weighted by atomic mass is 19.2. The van der Waals surface area contributed by atoms with Gasteiger partial charge in [-0.15, -0.1) is 0 Å². The van der Waals surface area contributed by atoms with Crippen LogP contribution in [0.5, 0.6) is 5.75 Å². The van der Waals surface area contributed by atoms with Gasteiger partial charge >= 0.3 is 0 Å². The number of benzene rings is 3. The molecule has 0 saturated heterocycles. The third kappa shape index (κ3) is 5.24. The fourth-order valence-corrected chi connectivity index (χ4v) is 2.48. The molecule has 0 fully saturated rings. The lowest BCUT2D eigenvalue weighted by molar-refractivity contribution is 0.317. The summed E-state index contributed by atoms with van der Waals surface area (Å²) in [4.78, 5) is 0. The summed E-state index contributed by atoms with van der Waals surface area (Å²) in [5.74, 6) is 0.933. The lowest BCUT2D eigenvalue weighted by Gasteiger charge is -2.03. The monoisotopic (exact) mass is 426 g/mol. The zero-order valence-electron chi connectivity index (χ0n) is 16.3. The normalized spacial score (nSPS) is 10.0. The molecule has 0 atom stereocenters. The first kappa shape index (κ1) is 21.9. The van der Waals surface area contributed by atoms with E-state index in [1.807, 2.05) is 37.1 Å². The molecular weight excluding hydrogens is 411 g/mol. The highest BCUT2D eigenvalue weighted by Gasteiger charge is 2.24. The predicted molar refractivity (Wildman–Crippen MR) is 107 cm³/mol. The molecule has 3 rings (SSSR count). The van der Waals surface area contributed by atoms with Crippen LogP contribution in [0.1, 0.15) is 35.6 Å². The van der Waals surface area contributed by atoms with Crippen molar-refractivity contribution in [3.05, 3.63) is 99.9 Å². The van der Waals surface area contributed by atoms with Gasteiger partial charge in [0.25, 0.3) is 0 Å². The van der Waals surface area contributed by atoms with Gasteiger partial charge in [-0.2, -0.15) is 0 Å². The summed E-state index contributed by atoms with van der Waals surface area (Å²) in [6, 6.07) is 13.7. The van der Waals surface area contributed by atoms with E-state index in [1.54, 1.807) is 12.1 Å². The molecule has 3 aromatic carbocycles. The second-order valence-corrected chi connectivity index (χ2v) is 6.40. The minimum Gasteiger partial charge on any atom is -0.494 e. The van der Waals surface area contributed by atoms with E-state index < -0.39 is 34.6 Å². The van der Waals surface area contributed by atoms with Gasteiger partial charge in [0, 0.05) is 16.7 Å². The molecule has 0 aromatic heterocycles. The van der Waals surface area contributed by atoms with Crippen LogP contribution >= 0.6 is 0 Å². The summed E-state index contributed by atoms with van der Waals surface area (Å²) in [6.07, 6.45) is 0.920. The third-order valence-corrected chi connectivity index (χ3v) is 4.10. The van der Waals surface area contributed by atoms with E-state index >= 15 is 0 Å². The molecule has 6 heteroatoms. The highest BCUT2D eigenvalue weighted by Crippen LogP contribution is 2.22. The smallest absolute Gasteiger partial charge is 0.200 e. The molecule has 31 heavy (non-hydrogen) atoms. The van der Waals surface area contributed by atoms with Crippen molar-refractivity contribution in [2.24, 2.45) is 0 Å². The van der Waals surface area contributed by atoms with E-state index in [0.29, 0.717) is 17.7 Å². The summed E-state index contributed by atoms with van der Waals surface area (Å²) in [5, 5.41) is 0. The Morgan fingerprint density at radius 2 is 0.968 bits per heavy atom. The summed E-state index contributed by atoms with van der Waals surface area (Å²) < 4.78 is 72.4. The first-order valence-electron chi connectivity index (χ1n) is 9.29. The summed E-state index contributed by atoms with van der Waals surface area (Å²) in [7, 11) is 0. The molecule has 3 aromatic rings. The first-order chi connectivity index (χ1) is 14.9. The van der Waals surface area contributed by atoms with E-state index in [2.05, 4.69) is 17.8 Å². The molecule has 0 aliphatic rings. The molecule has 156 valence electrons. The Hall–Kier alpha value is -3.77. The molecule has 0 radical (unpaired) electrons. The molecule has 0 unspecified atom stereocenters. The Bertz CT molecular complexity index is 1180. The van der Waals surface area contributed by atoms with Gasteiger partial charge in [-0.05, 0) is 55.0 Å². The third-order valence-electron chi connectivity index (χ3n) is 4.10. The Morgan fingerprint density at radius 3 is 1.42 bits per heavy atom. The lowest BCUT2D eigenvalue weighted by atomic mass is 10.1. The quantitative estimate of drug-likeness (QED) is 0.217. The molecule has 0 spiro atoms. The predicted octanol–water partition coefficient (Wildman–Crippen LogP) is 5.97. The topological polar surface area (TPSA) is 9.23 Å². The van der Waals surface area contributed by atoms with Crippen LogP contribution in [-0.2, 0) is 0 Å². The molecule has 0 N–H and O–H groups in total. The van der Waals surface area contributed by atoms with Crippen LogP contribution in [0.2, 0.25) is 0 Å². The molecule has 0 aliphatic heterocycles.